The summed E-state index contributed by atoms with van der Waals surface area (Å²) in [5, 5.41) is 10.9. The fraction of sp³-hybridized carbons (Fsp3) is 0.333. The Balaban J connectivity index is 1.26. The Morgan fingerprint density at radius 3 is 2.79 bits per heavy atom. The highest BCUT2D eigenvalue weighted by Crippen LogP contribution is 2.26. The molecule has 198 valence electrons. The number of ether oxygens (including phenoxy) is 1. The summed E-state index contributed by atoms with van der Waals surface area (Å²) in [5.74, 6) is -0.249. The summed E-state index contributed by atoms with van der Waals surface area (Å²) in [4.78, 5) is 24.1. The van der Waals surface area contributed by atoms with E-state index in [0.717, 1.165) is 18.7 Å². The van der Waals surface area contributed by atoms with Crippen LogP contribution in [0.2, 0.25) is 5.02 Å². The second-order valence-corrected chi connectivity index (χ2v) is 9.61. The third kappa shape index (κ3) is 5.93. The molecule has 1 amide bonds. The molecule has 4 aromatic rings. The van der Waals surface area contributed by atoms with Gasteiger partial charge in [-0.15, -0.1) is 0 Å². The van der Waals surface area contributed by atoms with E-state index in [1.807, 2.05) is 26.1 Å². The van der Waals surface area contributed by atoms with Crippen molar-refractivity contribution in [2.45, 2.75) is 33.0 Å². The van der Waals surface area contributed by atoms with Gasteiger partial charge in [0, 0.05) is 48.0 Å². The number of carbonyl (C=O) groups is 1. The van der Waals surface area contributed by atoms with E-state index in [2.05, 4.69) is 30.6 Å². The van der Waals surface area contributed by atoms with Crippen molar-refractivity contribution in [1.29, 1.82) is 0 Å². The molecule has 2 aromatic heterocycles. The zero-order valence-electron chi connectivity index (χ0n) is 21.2. The first kappa shape index (κ1) is 26.0. The number of rotatable bonds is 8. The number of benzene rings is 2. The van der Waals surface area contributed by atoms with Crippen LogP contribution in [0.1, 0.15) is 41.4 Å². The number of halogens is 2. The van der Waals surface area contributed by atoms with Crippen LogP contribution in [-0.2, 0) is 17.8 Å². The van der Waals surface area contributed by atoms with Crippen LogP contribution in [0.5, 0.6) is 0 Å². The summed E-state index contributed by atoms with van der Waals surface area (Å²) >= 11 is 6.49. The van der Waals surface area contributed by atoms with Gasteiger partial charge in [-0.3, -0.25) is 14.4 Å². The molecule has 1 atom stereocenters. The molecule has 0 unspecified atom stereocenters. The minimum absolute atomic E-state index is 0.328. The number of aromatic nitrogens is 4. The van der Waals surface area contributed by atoms with E-state index in [1.165, 1.54) is 12.1 Å². The highest BCUT2D eigenvalue weighted by molar-refractivity contribution is 6.31. The molecule has 38 heavy (non-hydrogen) atoms. The zero-order chi connectivity index (χ0) is 26.6. The van der Waals surface area contributed by atoms with E-state index < -0.39 is 11.9 Å². The molecule has 5 rings (SSSR count). The maximum absolute atomic E-state index is 14.7. The lowest BCUT2D eigenvalue weighted by molar-refractivity contribution is 0.0342. The van der Waals surface area contributed by atoms with Crippen LogP contribution < -0.4 is 10.6 Å². The summed E-state index contributed by atoms with van der Waals surface area (Å²) in [5.41, 5.74) is 3.43. The summed E-state index contributed by atoms with van der Waals surface area (Å²) in [7, 11) is 0. The number of hydrogen-bond acceptors (Lipinski definition) is 7. The third-order valence-electron chi connectivity index (χ3n) is 6.50. The predicted octanol–water partition coefficient (Wildman–Crippen LogP) is 4.90. The number of aryl methyl sites for hydroxylation is 1. The van der Waals surface area contributed by atoms with Gasteiger partial charge < -0.3 is 15.4 Å². The van der Waals surface area contributed by atoms with Crippen molar-refractivity contribution in [3.63, 3.8) is 0 Å². The quantitative estimate of drug-likeness (QED) is 0.330. The molecular formula is C27H29ClFN7O2. The molecule has 1 aliphatic rings. The third-order valence-corrected chi connectivity index (χ3v) is 6.85. The molecule has 0 aliphatic carbocycles. The van der Waals surface area contributed by atoms with Crippen molar-refractivity contribution >= 4 is 40.2 Å². The lowest BCUT2D eigenvalue weighted by Gasteiger charge is -2.27. The Morgan fingerprint density at radius 1 is 1.21 bits per heavy atom. The molecule has 9 nitrogen and oxygen atoms in total. The number of nitrogens with zero attached hydrogens (tertiary/aromatic N) is 5. The highest BCUT2D eigenvalue weighted by Gasteiger charge is 2.17. The minimum atomic E-state index is -0.444. The number of amides is 1. The number of hydrogen-bond donors (Lipinski definition) is 2. The van der Waals surface area contributed by atoms with Crippen LogP contribution in [0, 0.1) is 5.82 Å². The number of fused-ring (bicyclic) bond motifs is 1. The standard InChI is InChI=1S/C27H29ClFN7O2/c1-3-36-16-24-26(34-36)33-25(14-30-24)31-17(2)21-13-20(6-7-23(21)29)32-27(37)18-4-5-19(22(28)12-18)15-35-8-10-38-11-9-35/h4-7,12-14,16-17H,3,8-11,15H2,1-2H3,(H,32,37)(H,31,33,34)/t17-/m0/s1. The molecule has 3 heterocycles. The van der Waals surface area contributed by atoms with Crippen LogP contribution in [-0.4, -0.2) is 56.9 Å². The Morgan fingerprint density at radius 2 is 2.03 bits per heavy atom. The van der Waals surface area contributed by atoms with Gasteiger partial charge in [0.25, 0.3) is 5.91 Å². The van der Waals surface area contributed by atoms with E-state index in [9.17, 15) is 9.18 Å². The van der Waals surface area contributed by atoms with Crippen LogP contribution in [0.25, 0.3) is 11.2 Å². The monoisotopic (exact) mass is 537 g/mol. The van der Waals surface area contributed by atoms with Crippen molar-refractivity contribution in [2.24, 2.45) is 0 Å². The lowest BCUT2D eigenvalue weighted by Crippen LogP contribution is -2.35. The van der Waals surface area contributed by atoms with Gasteiger partial charge in [0.05, 0.1) is 31.6 Å². The zero-order valence-corrected chi connectivity index (χ0v) is 22.0. The maximum atomic E-state index is 14.7. The number of nitrogens with one attached hydrogen (secondary N) is 2. The molecule has 0 bridgehead atoms. The topological polar surface area (TPSA) is 97.2 Å². The molecule has 1 fully saturated rings. The molecule has 1 saturated heterocycles. The van der Waals surface area contributed by atoms with E-state index in [0.29, 0.717) is 65.1 Å². The van der Waals surface area contributed by atoms with Gasteiger partial charge in [0.1, 0.15) is 17.2 Å². The molecule has 11 heteroatoms. The molecular weight excluding hydrogens is 509 g/mol. The number of morpholine rings is 1. The van der Waals surface area contributed by atoms with Crippen molar-refractivity contribution < 1.29 is 13.9 Å². The Hall–Kier alpha value is -3.60. The van der Waals surface area contributed by atoms with Crippen LogP contribution in [0.4, 0.5) is 15.9 Å². The number of anilines is 2. The Labute approximate surface area is 225 Å². The van der Waals surface area contributed by atoms with E-state index in [4.69, 9.17) is 16.3 Å². The summed E-state index contributed by atoms with van der Waals surface area (Å²) in [6.45, 7) is 8.33. The largest absolute Gasteiger partial charge is 0.379 e. The van der Waals surface area contributed by atoms with Gasteiger partial charge in [-0.25, -0.2) is 14.4 Å². The molecule has 2 aromatic carbocycles. The van der Waals surface area contributed by atoms with Gasteiger partial charge in [0.2, 0.25) is 5.65 Å². The normalized spacial score (nSPS) is 14.9. The molecule has 0 spiro atoms. The van der Waals surface area contributed by atoms with Crippen LogP contribution >= 0.6 is 11.6 Å². The van der Waals surface area contributed by atoms with Crippen molar-refractivity contribution in [3.8, 4) is 0 Å². The van der Waals surface area contributed by atoms with E-state index in [1.54, 1.807) is 29.1 Å². The lowest BCUT2D eigenvalue weighted by atomic mass is 10.1. The fourth-order valence-electron chi connectivity index (χ4n) is 4.35. The van der Waals surface area contributed by atoms with Crippen molar-refractivity contribution in [1.82, 2.24) is 24.6 Å². The smallest absolute Gasteiger partial charge is 0.255 e. The van der Waals surface area contributed by atoms with Gasteiger partial charge in [-0.05, 0) is 49.7 Å². The van der Waals surface area contributed by atoms with Crippen LogP contribution in [0.15, 0.2) is 48.8 Å². The summed E-state index contributed by atoms with van der Waals surface area (Å²) in [6, 6.07) is 9.31. The van der Waals surface area contributed by atoms with E-state index in [-0.39, 0.29) is 5.91 Å². The first-order valence-electron chi connectivity index (χ1n) is 12.6. The summed E-state index contributed by atoms with van der Waals surface area (Å²) in [6.07, 6.45) is 3.42. The van der Waals surface area contributed by atoms with Crippen molar-refractivity contribution in [2.75, 3.05) is 36.9 Å². The molecule has 1 aliphatic heterocycles. The average Bonchev–Trinajstić information content (AvgIpc) is 3.34. The SMILES string of the molecule is CCn1cc2ncc(N[C@@H](C)c3cc(NC(=O)c4ccc(CN5CCOCC5)c(Cl)c4)ccc3F)nc2n1. The number of carbonyl (C=O) groups excluding carboxylic acids is 1. The first-order valence-corrected chi connectivity index (χ1v) is 12.9. The van der Waals surface area contributed by atoms with Gasteiger partial charge in [-0.2, -0.15) is 5.10 Å². The van der Waals surface area contributed by atoms with Gasteiger partial charge >= 0.3 is 0 Å². The molecule has 0 saturated carbocycles. The fourth-order valence-corrected chi connectivity index (χ4v) is 4.59. The van der Waals surface area contributed by atoms with Gasteiger partial charge in [-0.1, -0.05) is 17.7 Å². The van der Waals surface area contributed by atoms with Crippen LogP contribution in [0.3, 0.4) is 0 Å². The minimum Gasteiger partial charge on any atom is -0.379 e. The van der Waals surface area contributed by atoms with Crippen molar-refractivity contribution in [3.05, 3.63) is 76.3 Å². The molecule has 2 N–H and O–H groups in total. The average molecular weight is 538 g/mol. The summed E-state index contributed by atoms with van der Waals surface area (Å²) < 4.78 is 21.9. The Kier molecular flexibility index (Phi) is 7.82. The van der Waals surface area contributed by atoms with E-state index >= 15 is 0 Å². The van der Waals surface area contributed by atoms with Gasteiger partial charge in [0.15, 0.2) is 0 Å². The molecule has 0 radical (unpaired) electrons. The predicted molar refractivity (Wildman–Crippen MR) is 145 cm³/mol. The Bertz CT molecular complexity index is 1450. The second-order valence-electron chi connectivity index (χ2n) is 9.20. The highest BCUT2D eigenvalue weighted by atomic mass is 35.5. The second kappa shape index (κ2) is 11.4. The first-order chi connectivity index (χ1) is 18.4. The maximum Gasteiger partial charge on any atom is 0.255 e.